The van der Waals surface area contributed by atoms with Crippen LogP contribution in [0.2, 0.25) is 0 Å². The second-order valence-electron chi connectivity index (χ2n) is 15.8. The molecule has 0 fully saturated rings. The number of ether oxygens (including phenoxy) is 1. The fourth-order valence-corrected chi connectivity index (χ4v) is 7.90. The van der Waals surface area contributed by atoms with Crippen LogP contribution < -0.4 is 4.74 Å². The zero-order chi connectivity index (χ0) is 34.8. The molecule has 52 heavy (non-hydrogen) atoms. The summed E-state index contributed by atoms with van der Waals surface area (Å²) >= 11 is 0. The van der Waals surface area contributed by atoms with Gasteiger partial charge in [0.15, 0.2) is 0 Å². The first-order valence-corrected chi connectivity index (χ1v) is 17.6. The summed E-state index contributed by atoms with van der Waals surface area (Å²) < 4.78 is 11.2. The van der Waals surface area contributed by atoms with Crippen molar-refractivity contribution in [1.82, 2.24) is 18.8 Å². The monoisotopic (exact) mass is 766 g/mol. The summed E-state index contributed by atoms with van der Waals surface area (Å²) in [5, 5.41) is 6.44. The number of para-hydroxylation sites is 4. The van der Waals surface area contributed by atoms with Gasteiger partial charge in [0, 0.05) is 22.5 Å². The van der Waals surface area contributed by atoms with Gasteiger partial charge >= 0.3 is 20.4 Å². The Morgan fingerprint density at radius 2 is 1.08 bits per heavy atom. The number of pyridine rings is 2. The van der Waals surface area contributed by atoms with Crippen LogP contribution in [0.5, 0.6) is 11.5 Å². The third kappa shape index (κ3) is 4.78. The summed E-state index contributed by atoms with van der Waals surface area (Å²) in [6.07, 6.45) is 0. The van der Waals surface area contributed by atoms with Crippen LogP contribution >= 0.6 is 0 Å². The van der Waals surface area contributed by atoms with Crippen LogP contribution in [0, 0.1) is 12.1 Å². The zero-order valence-electron chi connectivity index (χ0n) is 29.9. The van der Waals surface area contributed by atoms with Crippen molar-refractivity contribution in [3.8, 4) is 11.5 Å². The van der Waals surface area contributed by atoms with Gasteiger partial charge in [0.05, 0.1) is 33.4 Å². The van der Waals surface area contributed by atoms with Crippen molar-refractivity contribution in [3.63, 3.8) is 0 Å². The second-order valence-corrected chi connectivity index (χ2v) is 15.8. The average Bonchev–Trinajstić information content (AvgIpc) is 3.71. The van der Waals surface area contributed by atoms with Crippen LogP contribution in [0.4, 0.5) is 0 Å². The number of imidazole rings is 2. The van der Waals surface area contributed by atoms with E-state index in [1.807, 2.05) is 24.3 Å². The molecule has 5 nitrogen and oxygen atoms in total. The van der Waals surface area contributed by atoms with Gasteiger partial charge in [0.25, 0.3) is 0 Å². The van der Waals surface area contributed by atoms with E-state index in [1.165, 1.54) is 21.9 Å². The summed E-state index contributed by atoms with van der Waals surface area (Å²) in [6.45, 7) is 13.6. The molecule has 0 aliphatic carbocycles. The number of rotatable bonds is 2. The number of benzene rings is 6. The first-order chi connectivity index (χ1) is 24.5. The van der Waals surface area contributed by atoms with Crippen LogP contribution in [0.3, 0.4) is 0 Å². The van der Waals surface area contributed by atoms with E-state index in [2.05, 4.69) is 147 Å². The third-order valence-corrected chi connectivity index (χ3v) is 10.4. The molecular weight excluding hydrogens is 731 g/mol. The van der Waals surface area contributed by atoms with Gasteiger partial charge in [0.1, 0.15) is 0 Å². The van der Waals surface area contributed by atoms with Crippen LogP contribution in [0.15, 0.2) is 109 Å². The molecule has 0 spiro atoms. The van der Waals surface area contributed by atoms with E-state index in [0.717, 1.165) is 65.9 Å². The van der Waals surface area contributed by atoms with Gasteiger partial charge in [-0.1, -0.05) is 136 Å². The fourth-order valence-electron chi connectivity index (χ4n) is 7.90. The normalized spacial score (nSPS) is 12.7. The van der Waals surface area contributed by atoms with Crippen LogP contribution in [0.1, 0.15) is 52.7 Å². The van der Waals surface area contributed by atoms with Gasteiger partial charge in [-0.25, -0.2) is 0 Å². The summed E-state index contributed by atoms with van der Waals surface area (Å²) in [5.41, 5.74) is 10.6. The smallest absolute Gasteiger partial charge is 0.497 e. The van der Waals surface area contributed by atoms with Gasteiger partial charge in [-0.15, -0.1) is 12.1 Å². The van der Waals surface area contributed by atoms with Crippen molar-refractivity contribution in [1.29, 1.82) is 0 Å². The Balaban J connectivity index is 0.00000360. The van der Waals surface area contributed by atoms with Gasteiger partial charge < -0.3 is 13.5 Å². The molecule has 0 unspecified atom stereocenters. The van der Waals surface area contributed by atoms with Crippen molar-refractivity contribution in [2.75, 3.05) is 0 Å². The number of hydrogen-bond donors (Lipinski definition) is 0. The van der Waals surface area contributed by atoms with Crippen molar-refractivity contribution in [2.45, 2.75) is 52.4 Å². The Morgan fingerprint density at radius 1 is 0.519 bits per heavy atom. The first kappa shape index (κ1) is 32.6. The molecule has 6 aromatic carbocycles. The van der Waals surface area contributed by atoms with Crippen LogP contribution in [0.25, 0.3) is 76.7 Å². The number of aromatic nitrogens is 4. The number of nitrogens with zero attached hydrogens (tertiary/aromatic N) is 4. The van der Waals surface area contributed by atoms with Gasteiger partial charge in [-0.2, -0.15) is 0 Å². The van der Waals surface area contributed by atoms with Gasteiger partial charge in [-0.05, 0) is 69.1 Å². The van der Waals surface area contributed by atoms with Crippen LogP contribution in [-0.2, 0) is 31.3 Å². The molecule has 256 valence electrons. The number of hydrogen-bond acceptors (Lipinski definition) is 3. The van der Waals surface area contributed by atoms with E-state index in [4.69, 9.17) is 14.7 Å². The Hall–Kier alpha value is -5.28. The molecule has 10 aromatic rings. The van der Waals surface area contributed by atoms with Crippen molar-refractivity contribution in [2.24, 2.45) is 0 Å². The van der Waals surface area contributed by atoms with E-state index in [1.54, 1.807) is 0 Å². The minimum atomic E-state index is -0.0630. The molecule has 10 rings (SSSR count). The molecule has 4 aromatic heterocycles. The summed E-state index contributed by atoms with van der Waals surface area (Å²) in [5.74, 6) is 1.22. The molecule has 0 amide bonds. The predicted molar refractivity (Wildman–Crippen MR) is 211 cm³/mol. The SMILES string of the molecule is CC(C)(C)c1ccc2c(c1)c1ccc(Oc3[c-]c4c(cc3)c3c(C(C)(C)C)cccc3n3c5ccccc5nc43)[c-]c1c1nc3ccccc3n21.[Pd+2]. The number of fused-ring (bicyclic) bond motifs is 16. The van der Waals surface area contributed by atoms with Crippen molar-refractivity contribution < 1.29 is 25.2 Å². The Kier molecular flexibility index (Phi) is 7.13. The second kappa shape index (κ2) is 11.4. The summed E-state index contributed by atoms with van der Waals surface area (Å²) in [7, 11) is 0. The maximum atomic E-state index is 6.66. The Morgan fingerprint density at radius 3 is 1.69 bits per heavy atom. The largest absolute Gasteiger partial charge is 2.00 e. The standard InChI is InChI=1S/C46H36N4O.Pd/c1-45(2,3)27-18-23-38-32(24-27)30-21-19-28(25-33(30)43-47-36-13-7-9-15-39(36)49(38)43)51-29-20-22-31-34(26-29)44-48-37-14-8-10-16-40(37)50(44)41-17-11-12-35(42(31)41)46(4,5)6;/h7-24H,1-6H3;/q-2;+2. The molecule has 0 saturated carbocycles. The molecule has 0 aliphatic heterocycles. The molecule has 0 aliphatic rings. The van der Waals surface area contributed by atoms with E-state index in [-0.39, 0.29) is 31.3 Å². The van der Waals surface area contributed by atoms with E-state index in [9.17, 15) is 0 Å². The van der Waals surface area contributed by atoms with Crippen molar-refractivity contribution >= 4 is 76.7 Å². The quantitative estimate of drug-likeness (QED) is 0.1000. The minimum absolute atomic E-state index is 0. The molecule has 4 heterocycles. The maximum absolute atomic E-state index is 6.66. The molecule has 0 N–H and O–H groups in total. The minimum Gasteiger partial charge on any atom is -0.497 e. The summed E-state index contributed by atoms with van der Waals surface area (Å²) in [4.78, 5) is 10.3. The molecule has 0 radical (unpaired) electrons. The predicted octanol–water partition coefficient (Wildman–Crippen LogP) is 11.9. The fraction of sp³-hybridized carbons (Fsp3) is 0.174. The maximum Gasteiger partial charge on any atom is 2.00 e. The van der Waals surface area contributed by atoms with E-state index < -0.39 is 0 Å². The molecule has 0 saturated heterocycles. The Bertz CT molecular complexity index is 3080. The molecule has 6 heteroatoms. The zero-order valence-corrected chi connectivity index (χ0v) is 31.5. The molecule has 0 atom stereocenters. The third-order valence-electron chi connectivity index (χ3n) is 10.4. The molecule has 0 bridgehead atoms. The Labute approximate surface area is 315 Å². The van der Waals surface area contributed by atoms with E-state index >= 15 is 0 Å². The topological polar surface area (TPSA) is 43.8 Å². The van der Waals surface area contributed by atoms with Crippen LogP contribution in [-0.4, -0.2) is 18.8 Å². The molecular formula is C46H36N4OPd. The first-order valence-electron chi connectivity index (χ1n) is 17.6. The van der Waals surface area contributed by atoms with Gasteiger partial charge in [-0.3, -0.25) is 9.97 Å². The summed E-state index contributed by atoms with van der Waals surface area (Å²) in [6, 6.07) is 45.7. The average molecular weight is 767 g/mol. The van der Waals surface area contributed by atoms with Crippen molar-refractivity contribution in [3.05, 3.63) is 132 Å². The van der Waals surface area contributed by atoms with Gasteiger partial charge in [0.2, 0.25) is 0 Å². The van der Waals surface area contributed by atoms with E-state index in [0.29, 0.717) is 11.5 Å².